The molecule has 0 saturated heterocycles. The molecule has 0 spiro atoms. The third-order valence-corrected chi connectivity index (χ3v) is 2.71. The van der Waals surface area contributed by atoms with Crippen LogP contribution >= 0.6 is 0 Å². The van der Waals surface area contributed by atoms with Gasteiger partial charge in [0.25, 0.3) is 5.91 Å². The summed E-state index contributed by atoms with van der Waals surface area (Å²) in [7, 11) is 1.76. The molecule has 6 nitrogen and oxygen atoms in total. The molecule has 0 aliphatic rings. The topological polar surface area (TPSA) is 75.4 Å². The molecule has 1 heterocycles. The van der Waals surface area contributed by atoms with E-state index in [0.717, 1.165) is 0 Å². The second-order valence-corrected chi connectivity index (χ2v) is 4.48. The summed E-state index contributed by atoms with van der Waals surface area (Å²) in [6, 6.07) is 0.0289. The molecule has 1 N–H and O–H groups in total. The number of amides is 1. The van der Waals surface area contributed by atoms with Crippen molar-refractivity contribution < 1.29 is 14.7 Å². The van der Waals surface area contributed by atoms with E-state index in [-0.39, 0.29) is 18.4 Å². The Labute approximate surface area is 106 Å². The van der Waals surface area contributed by atoms with Crippen molar-refractivity contribution in [2.75, 3.05) is 6.54 Å². The average molecular weight is 253 g/mol. The van der Waals surface area contributed by atoms with E-state index in [1.165, 1.54) is 6.20 Å². The van der Waals surface area contributed by atoms with E-state index in [4.69, 9.17) is 5.11 Å². The van der Waals surface area contributed by atoms with Crippen LogP contribution < -0.4 is 0 Å². The number of aliphatic carboxylic acids is 1. The largest absolute Gasteiger partial charge is 0.481 e. The van der Waals surface area contributed by atoms with Gasteiger partial charge < -0.3 is 14.6 Å². The van der Waals surface area contributed by atoms with Gasteiger partial charge in [-0.3, -0.25) is 9.59 Å². The Morgan fingerprint density at radius 2 is 2.17 bits per heavy atom. The number of carboxylic acid groups (broad SMARTS) is 1. The Bertz CT molecular complexity index is 426. The standard InChI is InChI=1S/C12H19N3O3/c1-9(2)15(6-4-5-11(16)17)12(18)10-7-13-8-14(10)3/h7-9H,4-6H2,1-3H3,(H,16,17). The molecule has 0 aromatic carbocycles. The monoisotopic (exact) mass is 253 g/mol. The van der Waals surface area contributed by atoms with Crippen molar-refractivity contribution in [2.45, 2.75) is 32.7 Å². The lowest BCUT2D eigenvalue weighted by molar-refractivity contribution is -0.137. The lowest BCUT2D eigenvalue weighted by Crippen LogP contribution is -2.38. The van der Waals surface area contributed by atoms with E-state index in [1.807, 2.05) is 13.8 Å². The number of nitrogens with zero attached hydrogens (tertiary/aromatic N) is 3. The summed E-state index contributed by atoms with van der Waals surface area (Å²) in [6.07, 6.45) is 3.62. The first kappa shape index (κ1) is 14.2. The summed E-state index contributed by atoms with van der Waals surface area (Å²) in [5.41, 5.74) is 0.513. The Hall–Kier alpha value is -1.85. The van der Waals surface area contributed by atoms with Gasteiger partial charge in [-0.25, -0.2) is 4.98 Å². The van der Waals surface area contributed by atoms with Crippen molar-refractivity contribution >= 4 is 11.9 Å². The van der Waals surface area contributed by atoms with Gasteiger partial charge in [0, 0.05) is 26.1 Å². The molecule has 18 heavy (non-hydrogen) atoms. The minimum Gasteiger partial charge on any atom is -0.481 e. The van der Waals surface area contributed by atoms with Gasteiger partial charge in [0.15, 0.2) is 0 Å². The fourth-order valence-corrected chi connectivity index (χ4v) is 1.71. The van der Waals surface area contributed by atoms with Crippen molar-refractivity contribution in [1.82, 2.24) is 14.5 Å². The average Bonchev–Trinajstić information content (AvgIpc) is 2.69. The van der Waals surface area contributed by atoms with Gasteiger partial charge in [-0.1, -0.05) is 0 Å². The van der Waals surface area contributed by atoms with Crippen LogP contribution in [0.15, 0.2) is 12.5 Å². The number of aryl methyl sites for hydroxylation is 1. The summed E-state index contributed by atoms with van der Waals surface area (Å²) in [6.45, 7) is 4.26. The number of carbonyl (C=O) groups excluding carboxylic acids is 1. The van der Waals surface area contributed by atoms with Crippen molar-refractivity contribution in [2.24, 2.45) is 7.05 Å². The Morgan fingerprint density at radius 3 is 2.61 bits per heavy atom. The number of hydrogen-bond acceptors (Lipinski definition) is 3. The van der Waals surface area contributed by atoms with Crippen LogP contribution in [0, 0.1) is 0 Å². The molecular weight excluding hydrogens is 234 g/mol. The van der Waals surface area contributed by atoms with Gasteiger partial charge in [-0.05, 0) is 20.3 Å². The molecule has 0 radical (unpaired) electrons. The number of carboxylic acids is 1. The molecule has 6 heteroatoms. The van der Waals surface area contributed by atoms with Crippen molar-refractivity contribution in [3.8, 4) is 0 Å². The molecule has 0 fully saturated rings. The third-order valence-electron chi connectivity index (χ3n) is 2.71. The lowest BCUT2D eigenvalue weighted by Gasteiger charge is -2.26. The van der Waals surface area contributed by atoms with Crippen LogP contribution in [0.1, 0.15) is 37.2 Å². The fraction of sp³-hybridized carbons (Fsp3) is 0.583. The quantitative estimate of drug-likeness (QED) is 0.824. The predicted molar refractivity (Wildman–Crippen MR) is 66.3 cm³/mol. The maximum atomic E-state index is 12.3. The molecule has 1 aromatic rings. The highest BCUT2D eigenvalue weighted by Gasteiger charge is 2.20. The van der Waals surface area contributed by atoms with Crippen molar-refractivity contribution in [3.63, 3.8) is 0 Å². The zero-order chi connectivity index (χ0) is 13.7. The molecule has 1 amide bonds. The van der Waals surface area contributed by atoms with Crippen LogP contribution in [0.2, 0.25) is 0 Å². The zero-order valence-corrected chi connectivity index (χ0v) is 11.0. The van der Waals surface area contributed by atoms with Crippen LogP contribution in [0.25, 0.3) is 0 Å². The molecule has 0 saturated carbocycles. The summed E-state index contributed by atoms with van der Waals surface area (Å²) in [5, 5.41) is 8.61. The van der Waals surface area contributed by atoms with Crippen LogP contribution in [-0.4, -0.2) is 44.0 Å². The highest BCUT2D eigenvalue weighted by Crippen LogP contribution is 2.09. The van der Waals surface area contributed by atoms with Crippen molar-refractivity contribution in [1.29, 1.82) is 0 Å². The minimum absolute atomic E-state index is 0.0289. The maximum Gasteiger partial charge on any atom is 0.303 e. The highest BCUT2D eigenvalue weighted by molar-refractivity contribution is 5.92. The van der Waals surface area contributed by atoms with Gasteiger partial charge in [-0.2, -0.15) is 0 Å². The number of imidazole rings is 1. The first-order chi connectivity index (χ1) is 8.43. The summed E-state index contributed by atoms with van der Waals surface area (Å²) >= 11 is 0. The summed E-state index contributed by atoms with van der Waals surface area (Å²) < 4.78 is 1.66. The molecule has 1 rings (SSSR count). The van der Waals surface area contributed by atoms with Gasteiger partial charge >= 0.3 is 5.97 Å². The Morgan fingerprint density at radius 1 is 1.50 bits per heavy atom. The van der Waals surface area contributed by atoms with Crippen LogP contribution in [0.3, 0.4) is 0 Å². The molecular formula is C12H19N3O3. The zero-order valence-electron chi connectivity index (χ0n) is 11.0. The molecule has 0 aliphatic carbocycles. The van der Waals surface area contributed by atoms with Gasteiger partial charge in [-0.15, -0.1) is 0 Å². The molecule has 0 unspecified atom stereocenters. The van der Waals surface area contributed by atoms with E-state index >= 15 is 0 Å². The molecule has 1 aromatic heterocycles. The smallest absolute Gasteiger partial charge is 0.303 e. The van der Waals surface area contributed by atoms with Gasteiger partial charge in [0.2, 0.25) is 0 Å². The Balaban J connectivity index is 2.70. The van der Waals surface area contributed by atoms with Crippen LogP contribution in [-0.2, 0) is 11.8 Å². The SMILES string of the molecule is CC(C)N(CCCC(=O)O)C(=O)c1cncn1C. The maximum absolute atomic E-state index is 12.3. The third kappa shape index (κ3) is 3.58. The second-order valence-electron chi connectivity index (χ2n) is 4.48. The number of hydrogen-bond donors (Lipinski definition) is 1. The molecule has 0 atom stereocenters. The predicted octanol–water partition coefficient (Wildman–Crippen LogP) is 1.14. The highest BCUT2D eigenvalue weighted by atomic mass is 16.4. The summed E-state index contributed by atoms with van der Waals surface area (Å²) in [5.74, 6) is -0.956. The fourth-order valence-electron chi connectivity index (χ4n) is 1.71. The first-order valence-electron chi connectivity index (χ1n) is 5.92. The molecule has 0 bridgehead atoms. The van der Waals surface area contributed by atoms with E-state index in [0.29, 0.717) is 18.7 Å². The molecule has 0 aliphatic heterocycles. The van der Waals surface area contributed by atoms with E-state index in [9.17, 15) is 9.59 Å². The van der Waals surface area contributed by atoms with E-state index in [1.54, 1.807) is 22.8 Å². The van der Waals surface area contributed by atoms with Crippen molar-refractivity contribution in [3.05, 3.63) is 18.2 Å². The Kier molecular flexibility index (Phi) is 4.88. The molecule has 100 valence electrons. The van der Waals surface area contributed by atoms with E-state index < -0.39 is 5.97 Å². The van der Waals surface area contributed by atoms with Crippen LogP contribution in [0.5, 0.6) is 0 Å². The van der Waals surface area contributed by atoms with E-state index in [2.05, 4.69) is 4.98 Å². The van der Waals surface area contributed by atoms with Gasteiger partial charge in [0.1, 0.15) is 5.69 Å². The van der Waals surface area contributed by atoms with Crippen LogP contribution in [0.4, 0.5) is 0 Å². The normalized spacial score (nSPS) is 10.7. The summed E-state index contributed by atoms with van der Waals surface area (Å²) in [4.78, 5) is 28.3. The lowest BCUT2D eigenvalue weighted by atomic mass is 10.2. The van der Waals surface area contributed by atoms with Gasteiger partial charge in [0.05, 0.1) is 12.5 Å². The first-order valence-corrected chi connectivity index (χ1v) is 5.92. The number of aromatic nitrogens is 2. The number of carbonyl (C=O) groups is 2. The minimum atomic E-state index is -0.841. The second kappa shape index (κ2) is 6.18. The number of rotatable bonds is 6.